The fourth-order valence-corrected chi connectivity index (χ4v) is 2.54. The predicted octanol–water partition coefficient (Wildman–Crippen LogP) is 4.13. The summed E-state index contributed by atoms with van der Waals surface area (Å²) < 4.78 is 11.4. The third-order valence-corrected chi connectivity index (χ3v) is 3.52. The summed E-state index contributed by atoms with van der Waals surface area (Å²) in [5.74, 6) is 1.28. The van der Waals surface area contributed by atoms with Gasteiger partial charge in [-0.1, -0.05) is 30.3 Å². The number of halogens is 1. The first-order valence-electron chi connectivity index (χ1n) is 6.62. The number of methoxy groups -OCH3 is 1. The van der Waals surface area contributed by atoms with Gasteiger partial charge < -0.3 is 9.47 Å². The number of Topliss-reactive ketones (excluding diaryl/α,β-unsaturated/α-hetero) is 1. The highest BCUT2D eigenvalue weighted by Crippen LogP contribution is 2.41. The lowest BCUT2D eigenvalue weighted by Crippen LogP contribution is -2.21. The largest absolute Gasteiger partial charge is 0.493 e. The fourth-order valence-electron chi connectivity index (χ4n) is 2.54. The lowest BCUT2D eigenvalue weighted by molar-refractivity contribution is 0.0842. The van der Waals surface area contributed by atoms with E-state index in [2.05, 4.69) is 0 Å². The molecule has 110 valence electrons. The quantitative estimate of drug-likeness (QED) is 0.837. The number of ether oxygens (including phenoxy) is 2. The molecule has 3 nitrogen and oxygen atoms in total. The van der Waals surface area contributed by atoms with E-state index in [0.717, 1.165) is 11.1 Å². The molecule has 0 aliphatic carbocycles. The van der Waals surface area contributed by atoms with Crippen LogP contribution in [0.15, 0.2) is 42.5 Å². The Morgan fingerprint density at radius 1 is 1.19 bits per heavy atom. The smallest absolute Gasteiger partial charge is 0.172 e. The highest BCUT2D eigenvalue weighted by molar-refractivity contribution is 6.01. The van der Waals surface area contributed by atoms with Crippen molar-refractivity contribution >= 4 is 18.2 Å². The van der Waals surface area contributed by atoms with Crippen molar-refractivity contribution in [1.29, 1.82) is 0 Å². The SMILES string of the molecule is COc1cc(C)cc2c1OC(c1ccccc1)CC2=O.Cl. The number of ketones is 1. The molecule has 0 N–H and O–H groups in total. The molecule has 1 atom stereocenters. The van der Waals surface area contributed by atoms with Crippen molar-refractivity contribution in [1.82, 2.24) is 0 Å². The summed E-state index contributed by atoms with van der Waals surface area (Å²) in [4.78, 5) is 12.4. The van der Waals surface area contributed by atoms with Crippen LogP contribution in [-0.2, 0) is 0 Å². The number of carbonyl (C=O) groups is 1. The minimum atomic E-state index is -0.243. The Labute approximate surface area is 130 Å². The number of rotatable bonds is 2. The molecule has 0 bridgehead atoms. The molecule has 1 aliphatic heterocycles. The van der Waals surface area contributed by atoms with E-state index in [-0.39, 0.29) is 24.3 Å². The lowest BCUT2D eigenvalue weighted by atomic mass is 9.95. The van der Waals surface area contributed by atoms with Crippen molar-refractivity contribution in [2.75, 3.05) is 7.11 Å². The van der Waals surface area contributed by atoms with Gasteiger partial charge in [-0.05, 0) is 30.2 Å². The van der Waals surface area contributed by atoms with Crippen molar-refractivity contribution in [3.8, 4) is 11.5 Å². The molecule has 0 radical (unpaired) electrons. The number of hydrogen-bond donors (Lipinski definition) is 0. The summed E-state index contributed by atoms with van der Waals surface area (Å²) in [5.41, 5.74) is 2.62. The molecule has 4 heteroatoms. The first-order chi connectivity index (χ1) is 9.69. The Morgan fingerprint density at radius 3 is 2.57 bits per heavy atom. The number of aryl methyl sites for hydroxylation is 1. The van der Waals surface area contributed by atoms with Crippen LogP contribution < -0.4 is 9.47 Å². The van der Waals surface area contributed by atoms with Crippen LogP contribution in [0.3, 0.4) is 0 Å². The van der Waals surface area contributed by atoms with Gasteiger partial charge in [-0.2, -0.15) is 0 Å². The van der Waals surface area contributed by atoms with Gasteiger partial charge in [0.15, 0.2) is 17.3 Å². The van der Waals surface area contributed by atoms with Gasteiger partial charge in [-0.15, -0.1) is 12.4 Å². The topological polar surface area (TPSA) is 35.5 Å². The van der Waals surface area contributed by atoms with Gasteiger partial charge >= 0.3 is 0 Å². The Balaban J connectivity index is 0.00000161. The van der Waals surface area contributed by atoms with Gasteiger partial charge in [0.1, 0.15) is 6.10 Å². The van der Waals surface area contributed by atoms with E-state index in [1.54, 1.807) is 7.11 Å². The van der Waals surface area contributed by atoms with E-state index in [9.17, 15) is 4.79 Å². The van der Waals surface area contributed by atoms with Gasteiger partial charge in [-0.25, -0.2) is 0 Å². The van der Waals surface area contributed by atoms with E-state index in [1.807, 2.05) is 49.4 Å². The fraction of sp³-hybridized carbons (Fsp3) is 0.235. The second-order valence-electron chi connectivity index (χ2n) is 4.99. The lowest BCUT2D eigenvalue weighted by Gasteiger charge is -2.27. The van der Waals surface area contributed by atoms with Crippen molar-refractivity contribution in [2.45, 2.75) is 19.4 Å². The molecular formula is C17H17ClO3. The van der Waals surface area contributed by atoms with Crippen molar-refractivity contribution in [2.24, 2.45) is 0 Å². The van der Waals surface area contributed by atoms with E-state index in [1.165, 1.54) is 0 Å². The monoisotopic (exact) mass is 304 g/mol. The minimum absolute atomic E-state index is 0. The van der Waals surface area contributed by atoms with Crippen LogP contribution in [0.1, 0.15) is 34.0 Å². The maximum absolute atomic E-state index is 12.4. The molecule has 21 heavy (non-hydrogen) atoms. The third-order valence-electron chi connectivity index (χ3n) is 3.52. The predicted molar refractivity (Wildman–Crippen MR) is 83.7 cm³/mol. The molecule has 0 saturated heterocycles. The molecule has 0 fully saturated rings. The van der Waals surface area contributed by atoms with Gasteiger partial charge in [0.25, 0.3) is 0 Å². The highest BCUT2D eigenvalue weighted by Gasteiger charge is 2.30. The van der Waals surface area contributed by atoms with Gasteiger partial charge in [0, 0.05) is 0 Å². The van der Waals surface area contributed by atoms with Crippen LogP contribution in [0.25, 0.3) is 0 Å². The summed E-state index contributed by atoms with van der Waals surface area (Å²) in [6.07, 6.45) is 0.122. The molecule has 1 heterocycles. The molecule has 3 rings (SSSR count). The van der Waals surface area contributed by atoms with Gasteiger partial charge in [0.05, 0.1) is 19.1 Å². The molecular weight excluding hydrogens is 288 g/mol. The number of fused-ring (bicyclic) bond motifs is 1. The first-order valence-corrected chi connectivity index (χ1v) is 6.62. The molecule has 2 aromatic rings. The van der Waals surface area contributed by atoms with E-state index in [4.69, 9.17) is 9.47 Å². The van der Waals surface area contributed by atoms with Crippen LogP contribution in [0.5, 0.6) is 11.5 Å². The van der Waals surface area contributed by atoms with Crippen LogP contribution in [0.4, 0.5) is 0 Å². The van der Waals surface area contributed by atoms with Crippen LogP contribution in [0, 0.1) is 6.92 Å². The second-order valence-corrected chi connectivity index (χ2v) is 4.99. The Morgan fingerprint density at radius 2 is 1.90 bits per heavy atom. The Bertz CT molecular complexity index is 653. The standard InChI is InChI=1S/C17H16O3.ClH/c1-11-8-13-14(18)10-15(12-6-4-3-5-7-12)20-17(13)16(9-11)19-2;/h3-9,15H,10H2,1-2H3;1H. The zero-order valence-electron chi connectivity index (χ0n) is 12.0. The van der Waals surface area contributed by atoms with E-state index < -0.39 is 0 Å². The maximum atomic E-state index is 12.4. The average Bonchev–Trinajstić information content (AvgIpc) is 2.48. The zero-order valence-corrected chi connectivity index (χ0v) is 12.8. The highest BCUT2D eigenvalue weighted by atomic mass is 35.5. The first kappa shape index (κ1) is 15.4. The molecule has 1 unspecified atom stereocenters. The Hall–Kier alpha value is -2.00. The van der Waals surface area contributed by atoms with E-state index in [0.29, 0.717) is 23.5 Å². The maximum Gasteiger partial charge on any atom is 0.172 e. The second kappa shape index (κ2) is 6.19. The number of carbonyl (C=O) groups excluding carboxylic acids is 1. The normalized spacial score (nSPS) is 16.5. The van der Waals surface area contributed by atoms with Crippen molar-refractivity contribution < 1.29 is 14.3 Å². The van der Waals surface area contributed by atoms with E-state index >= 15 is 0 Å². The number of benzene rings is 2. The van der Waals surface area contributed by atoms with Crippen molar-refractivity contribution in [3.05, 3.63) is 59.2 Å². The molecule has 0 amide bonds. The average molecular weight is 305 g/mol. The van der Waals surface area contributed by atoms with Crippen LogP contribution in [-0.4, -0.2) is 12.9 Å². The molecule has 0 aromatic heterocycles. The summed E-state index contributed by atoms with van der Waals surface area (Å²) in [6.45, 7) is 1.94. The van der Waals surface area contributed by atoms with Gasteiger partial charge in [-0.3, -0.25) is 4.79 Å². The summed E-state index contributed by atoms with van der Waals surface area (Å²) >= 11 is 0. The van der Waals surface area contributed by atoms with Crippen LogP contribution in [0.2, 0.25) is 0 Å². The summed E-state index contributed by atoms with van der Waals surface area (Å²) in [6, 6.07) is 13.6. The molecule has 0 spiro atoms. The van der Waals surface area contributed by atoms with Gasteiger partial charge in [0.2, 0.25) is 0 Å². The third kappa shape index (κ3) is 2.88. The Kier molecular flexibility index (Phi) is 4.53. The summed E-state index contributed by atoms with van der Waals surface area (Å²) in [5, 5.41) is 0. The molecule has 0 saturated carbocycles. The summed E-state index contributed by atoms with van der Waals surface area (Å²) in [7, 11) is 1.59. The molecule has 2 aromatic carbocycles. The molecule has 1 aliphatic rings. The van der Waals surface area contributed by atoms with Crippen molar-refractivity contribution in [3.63, 3.8) is 0 Å². The minimum Gasteiger partial charge on any atom is -0.493 e. The van der Waals surface area contributed by atoms with Crippen LogP contribution >= 0.6 is 12.4 Å². The zero-order chi connectivity index (χ0) is 14.1. The number of hydrogen-bond acceptors (Lipinski definition) is 3.